The van der Waals surface area contributed by atoms with Crippen molar-refractivity contribution in [3.63, 3.8) is 0 Å². The Kier molecular flexibility index (Phi) is 10.4. The number of rotatable bonds is 12. The average molecular weight is 709 g/mol. The SMILES string of the molecule is COc1ccc(CN(c2ccon2)S(=O)(=O)c2c(F)cc(N3CCC[C@@](CCc4cccc(C(F)(F)F)c4)(N(C)C)C3)cc2F)c(OC)c1. The van der Waals surface area contributed by atoms with Crippen LogP contribution in [0.2, 0.25) is 0 Å². The number of piperidine rings is 1. The zero-order valence-electron chi connectivity index (χ0n) is 27.4. The molecular formula is C34H37F5N4O5S. The van der Waals surface area contributed by atoms with Crippen LogP contribution >= 0.6 is 0 Å². The topological polar surface area (TPSA) is 88.3 Å². The minimum absolute atomic E-state index is 0.142. The lowest BCUT2D eigenvalue weighted by Crippen LogP contribution is -2.56. The fourth-order valence-electron chi connectivity index (χ4n) is 6.25. The number of benzene rings is 3. The Balaban J connectivity index is 1.43. The Labute approximate surface area is 281 Å². The summed E-state index contributed by atoms with van der Waals surface area (Å²) in [4.78, 5) is 2.60. The molecular weight excluding hydrogens is 671 g/mol. The molecule has 0 amide bonds. The summed E-state index contributed by atoms with van der Waals surface area (Å²) in [6.45, 7) is 0.352. The second-order valence-electron chi connectivity index (χ2n) is 12.1. The predicted octanol–water partition coefficient (Wildman–Crippen LogP) is 6.92. The van der Waals surface area contributed by atoms with Gasteiger partial charge in [-0.1, -0.05) is 23.4 Å². The monoisotopic (exact) mass is 708 g/mol. The Morgan fingerprint density at radius 3 is 2.35 bits per heavy atom. The average Bonchev–Trinajstić information content (AvgIpc) is 3.60. The molecule has 3 aromatic carbocycles. The number of aromatic nitrogens is 1. The first kappa shape index (κ1) is 35.9. The first-order chi connectivity index (χ1) is 23.2. The van der Waals surface area contributed by atoms with E-state index in [9.17, 15) is 21.6 Å². The van der Waals surface area contributed by atoms with Crippen molar-refractivity contribution < 1.29 is 44.4 Å². The molecule has 49 heavy (non-hydrogen) atoms. The van der Waals surface area contributed by atoms with Gasteiger partial charge in [-0.15, -0.1) is 0 Å². The van der Waals surface area contributed by atoms with Gasteiger partial charge in [0.25, 0.3) is 10.0 Å². The molecule has 1 atom stereocenters. The summed E-state index contributed by atoms with van der Waals surface area (Å²) in [5.74, 6) is -2.06. The Bertz CT molecular complexity index is 1850. The molecule has 1 aromatic heterocycles. The maximum absolute atomic E-state index is 15.9. The van der Waals surface area contributed by atoms with Gasteiger partial charge in [0.05, 0.1) is 26.3 Å². The van der Waals surface area contributed by atoms with Crippen LogP contribution < -0.4 is 18.7 Å². The lowest BCUT2D eigenvalue weighted by atomic mass is 9.82. The van der Waals surface area contributed by atoms with Crippen LogP contribution in [0.1, 0.15) is 36.0 Å². The number of sulfonamides is 1. The first-order valence-corrected chi connectivity index (χ1v) is 16.8. The molecule has 1 aliphatic rings. The minimum atomic E-state index is -4.89. The number of hydrogen-bond acceptors (Lipinski definition) is 8. The normalized spacial score (nSPS) is 17.0. The molecule has 0 aliphatic carbocycles. The molecule has 9 nitrogen and oxygen atoms in total. The maximum Gasteiger partial charge on any atom is 0.416 e. The van der Waals surface area contributed by atoms with Crippen LogP contribution in [-0.4, -0.2) is 65.4 Å². The van der Waals surface area contributed by atoms with E-state index in [-0.39, 0.29) is 17.3 Å². The third kappa shape index (κ3) is 7.62. The summed E-state index contributed by atoms with van der Waals surface area (Å²) in [5.41, 5.74) is -0.218. The van der Waals surface area contributed by atoms with Crippen molar-refractivity contribution >= 4 is 21.5 Å². The Hall–Kier alpha value is -4.37. The molecule has 0 spiro atoms. The number of methoxy groups -OCH3 is 2. The molecule has 0 bridgehead atoms. The molecule has 0 N–H and O–H groups in total. The van der Waals surface area contributed by atoms with Gasteiger partial charge in [0.1, 0.15) is 29.4 Å². The molecule has 1 saturated heterocycles. The van der Waals surface area contributed by atoms with Gasteiger partial charge in [-0.2, -0.15) is 13.2 Å². The second kappa shape index (κ2) is 14.2. The minimum Gasteiger partial charge on any atom is -0.497 e. The quantitative estimate of drug-likeness (QED) is 0.147. The third-order valence-corrected chi connectivity index (χ3v) is 10.8. The molecule has 15 heteroatoms. The number of likely N-dealkylation sites (N-methyl/N-ethyl adjacent to an activating group) is 1. The van der Waals surface area contributed by atoms with E-state index < -0.39 is 50.4 Å². The van der Waals surface area contributed by atoms with E-state index in [1.807, 2.05) is 19.0 Å². The van der Waals surface area contributed by atoms with Crippen LogP contribution in [0.3, 0.4) is 0 Å². The number of anilines is 2. The van der Waals surface area contributed by atoms with Crippen molar-refractivity contribution in [3.05, 3.63) is 95.3 Å². The van der Waals surface area contributed by atoms with Crippen LogP contribution in [0.4, 0.5) is 33.5 Å². The van der Waals surface area contributed by atoms with Crippen molar-refractivity contribution in [2.24, 2.45) is 0 Å². The standard InChI is InChI=1S/C34H37F5N4O5S/c1-41(2)33(14-11-23-7-5-8-25(17-23)34(37,38)39)13-6-15-42(22-33)26-18-28(35)32(29(36)19-26)49(44,45)43(31-12-16-48-40-31)21-24-9-10-27(46-3)20-30(24)47-4/h5,7-10,12,16-20H,6,11,13-15,21-22H2,1-4H3/t33-/m0/s1. The fourth-order valence-corrected chi connectivity index (χ4v) is 7.73. The number of ether oxygens (including phenoxy) is 2. The van der Waals surface area contributed by atoms with E-state index in [0.29, 0.717) is 55.6 Å². The third-order valence-electron chi connectivity index (χ3n) is 9.02. The predicted molar refractivity (Wildman–Crippen MR) is 173 cm³/mol. The number of nitrogens with zero attached hydrogens (tertiary/aromatic N) is 4. The fraction of sp³-hybridized carbons (Fsp3) is 0.382. The zero-order valence-corrected chi connectivity index (χ0v) is 28.2. The highest BCUT2D eigenvalue weighted by molar-refractivity contribution is 7.92. The van der Waals surface area contributed by atoms with Crippen molar-refractivity contribution in [1.82, 2.24) is 10.1 Å². The summed E-state index contributed by atoms with van der Waals surface area (Å²) < 4.78 is 116. The molecule has 264 valence electrons. The molecule has 0 radical (unpaired) electrons. The molecule has 2 heterocycles. The van der Waals surface area contributed by atoms with Crippen molar-refractivity contribution in [1.29, 1.82) is 0 Å². The van der Waals surface area contributed by atoms with Crippen LogP contribution in [0.5, 0.6) is 11.5 Å². The lowest BCUT2D eigenvalue weighted by molar-refractivity contribution is -0.137. The molecule has 4 aromatic rings. The van der Waals surface area contributed by atoms with Crippen LogP contribution in [0.15, 0.2) is 76.3 Å². The molecule has 5 rings (SSSR count). The molecule has 1 aliphatic heterocycles. The van der Waals surface area contributed by atoms with E-state index in [1.165, 1.54) is 26.4 Å². The summed E-state index contributed by atoms with van der Waals surface area (Å²) >= 11 is 0. The highest BCUT2D eigenvalue weighted by Gasteiger charge is 2.39. The summed E-state index contributed by atoms with van der Waals surface area (Å²) in [6.07, 6.45) is -1.15. The highest BCUT2D eigenvalue weighted by Crippen LogP contribution is 2.37. The largest absolute Gasteiger partial charge is 0.497 e. The van der Waals surface area contributed by atoms with Crippen molar-refractivity contribution in [2.45, 2.75) is 48.8 Å². The van der Waals surface area contributed by atoms with Gasteiger partial charge in [-0.3, -0.25) is 0 Å². The van der Waals surface area contributed by atoms with E-state index in [1.54, 1.807) is 29.2 Å². The van der Waals surface area contributed by atoms with Gasteiger partial charge < -0.3 is 23.8 Å². The van der Waals surface area contributed by atoms with Gasteiger partial charge in [0.2, 0.25) is 0 Å². The number of aryl methyl sites for hydroxylation is 1. The summed E-state index contributed by atoms with van der Waals surface area (Å²) in [7, 11) is 1.68. The highest BCUT2D eigenvalue weighted by atomic mass is 32.2. The van der Waals surface area contributed by atoms with Crippen molar-refractivity contribution in [3.8, 4) is 11.5 Å². The van der Waals surface area contributed by atoms with Crippen LogP contribution in [-0.2, 0) is 29.2 Å². The Morgan fingerprint density at radius 2 is 1.73 bits per heavy atom. The number of hydrogen-bond donors (Lipinski definition) is 0. The summed E-state index contributed by atoms with van der Waals surface area (Å²) in [6, 6.07) is 13.1. The van der Waals surface area contributed by atoms with Gasteiger partial charge in [-0.25, -0.2) is 21.5 Å². The second-order valence-corrected chi connectivity index (χ2v) is 13.9. The van der Waals surface area contributed by atoms with E-state index in [0.717, 1.165) is 34.8 Å². The van der Waals surface area contributed by atoms with Crippen LogP contribution in [0, 0.1) is 11.6 Å². The van der Waals surface area contributed by atoms with Crippen molar-refractivity contribution in [2.75, 3.05) is 50.6 Å². The molecule has 1 fully saturated rings. The van der Waals surface area contributed by atoms with E-state index >= 15 is 8.78 Å². The van der Waals surface area contributed by atoms with Gasteiger partial charge in [0, 0.05) is 42.0 Å². The zero-order chi connectivity index (χ0) is 35.6. The first-order valence-electron chi connectivity index (χ1n) is 15.4. The summed E-state index contributed by atoms with van der Waals surface area (Å²) in [5, 5.41) is 3.73. The van der Waals surface area contributed by atoms with Crippen LogP contribution in [0.25, 0.3) is 0 Å². The number of alkyl halides is 3. The Morgan fingerprint density at radius 1 is 1.00 bits per heavy atom. The number of halogens is 5. The van der Waals surface area contributed by atoms with Gasteiger partial charge in [-0.05, 0) is 75.7 Å². The van der Waals surface area contributed by atoms with E-state index in [4.69, 9.17) is 14.0 Å². The lowest BCUT2D eigenvalue weighted by Gasteiger charge is -2.48. The smallest absolute Gasteiger partial charge is 0.416 e. The molecule has 0 unspecified atom stereocenters. The van der Waals surface area contributed by atoms with E-state index in [2.05, 4.69) is 5.16 Å². The maximum atomic E-state index is 15.9. The molecule has 0 saturated carbocycles. The van der Waals surface area contributed by atoms with Gasteiger partial charge in [0.15, 0.2) is 10.7 Å². The van der Waals surface area contributed by atoms with Gasteiger partial charge >= 0.3 is 6.18 Å².